The first kappa shape index (κ1) is 20.6. The average molecular weight is 389 g/mol. The minimum absolute atomic E-state index is 0.0654. The van der Waals surface area contributed by atoms with Gasteiger partial charge in [-0.05, 0) is 44.7 Å². The zero-order chi connectivity index (χ0) is 19.8. The highest BCUT2D eigenvalue weighted by Gasteiger charge is 2.32. The average Bonchev–Trinajstić information content (AvgIpc) is 3.25. The van der Waals surface area contributed by atoms with Crippen molar-refractivity contribution in [3.63, 3.8) is 0 Å². The Morgan fingerprint density at radius 1 is 1.21 bits per heavy atom. The van der Waals surface area contributed by atoms with Crippen molar-refractivity contribution in [2.45, 2.75) is 45.1 Å². The van der Waals surface area contributed by atoms with Gasteiger partial charge < -0.3 is 19.3 Å². The molecule has 0 aromatic heterocycles. The molecule has 0 bridgehead atoms. The number of rotatable bonds is 8. The lowest BCUT2D eigenvalue weighted by atomic mass is 9.96. The summed E-state index contributed by atoms with van der Waals surface area (Å²) in [5, 5.41) is 0. The lowest BCUT2D eigenvalue weighted by Crippen LogP contribution is -2.48. The van der Waals surface area contributed by atoms with E-state index in [1.807, 2.05) is 47.1 Å². The first-order chi connectivity index (χ1) is 13.7. The van der Waals surface area contributed by atoms with E-state index in [2.05, 4.69) is 0 Å². The van der Waals surface area contributed by atoms with Gasteiger partial charge in [0.15, 0.2) is 0 Å². The van der Waals surface area contributed by atoms with E-state index in [9.17, 15) is 9.59 Å². The van der Waals surface area contributed by atoms with Crippen molar-refractivity contribution in [1.82, 2.24) is 9.80 Å². The van der Waals surface area contributed by atoms with Crippen molar-refractivity contribution in [3.05, 3.63) is 30.3 Å². The van der Waals surface area contributed by atoms with Crippen LogP contribution in [0.15, 0.2) is 30.3 Å². The van der Waals surface area contributed by atoms with Gasteiger partial charge in [-0.15, -0.1) is 0 Å². The van der Waals surface area contributed by atoms with Crippen molar-refractivity contribution in [1.29, 1.82) is 0 Å². The molecule has 2 saturated heterocycles. The van der Waals surface area contributed by atoms with Gasteiger partial charge in [0.25, 0.3) is 0 Å². The van der Waals surface area contributed by atoms with E-state index in [-0.39, 0.29) is 23.8 Å². The summed E-state index contributed by atoms with van der Waals surface area (Å²) in [6.45, 7) is 5.78. The van der Waals surface area contributed by atoms with E-state index in [0.29, 0.717) is 32.7 Å². The Labute approximate surface area is 167 Å². The molecule has 3 rings (SSSR count). The maximum Gasteiger partial charge on any atom is 0.227 e. The number of piperidine rings is 1. The van der Waals surface area contributed by atoms with Crippen LogP contribution in [0.5, 0.6) is 5.75 Å². The molecular weight excluding hydrogens is 356 g/mol. The van der Waals surface area contributed by atoms with Crippen LogP contribution in [0, 0.1) is 5.92 Å². The summed E-state index contributed by atoms with van der Waals surface area (Å²) < 4.78 is 11.3. The maximum absolute atomic E-state index is 13.0. The fourth-order valence-electron chi connectivity index (χ4n) is 4.00. The molecule has 154 valence electrons. The molecule has 0 N–H and O–H groups in total. The van der Waals surface area contributed by atoms with Crippen molar-refractivity contribution in [2.75, 3.05) is 39.4 Å². The van der Waals surface area contributed by atoms with Crippen LogP contribution >= 0.6 is 0 Å². The van der Waals surface area contributed by atoms with Gasteiger partial charge in [-0.1, -0.05) is 18.2 Å². The Kier molecular flexibility index (Phi) is 7.71. The van der Waals surface area contributed by atoms with E-state index < -0.39 is 0 Å². The Morgan fingerprint density at radius 2 is 2.04 bits per heavy atom. The number of ether oxygens (including phenoxy) is 2. The number of carbonyl (C=O) groups is 2. The number of nitrogens with zero attached hydrogens (tertiary/aromatic N) is 2. The molecule has 0 radical (unpaired) electrons. The van der Waals surface area contributed by atoms with Crippen molar-refractivity contribution in [3.8, 4) is 5.75 Å². The Bertz CT molecular complexity index is 631. The number of benzene rings is 1. The Morgan fingerprint density at radius 3 is 2.75 bits per heavy atom. The molecular formula is C22H32N2O4. The summed E-state index contributed by atoms with van der Waals surface area (Å²) in [5.74, 6) is 0.899. The highest BCUT2D eigenvalue weighted by atomic mass is 16.5. The van der Waals surface area contributed by atoms with E-state index >= 15 is 0 Å². The van der Waals surface area contributed by atoms with Gasteiger partial charge in [0.05, 0.1) is 25.0 Å². The van der Waals surface area contributed by atoms with Crippen LogP contribution < -0.4 is 4.74 Å². The molecule has 1 aromatic rings. The van der Waals surface area contributed by atoms with Crippen LogP contribution in [0.3, 0.4) is 0 Å². The molecule has 28 heavy (non-hydrogen) atoms. The van der Waals surface area contributed by atoms with Gasteiger partial charge in [-0.3, -0.25) is 9.59 Å². The SMILES string of the molecule is CCN(CC1CCCO1)C(=O)C1CCCN(C(=O)CCOc2ccccc2)C1. The van der Waals surface area contributed by atoms with Crippen LogP contribution in [-0.4, -0.2) is 67.1 Å². The molecule has 2 amide bonds. The summed E-state index contributed by atoms with van der Waals surface area (Å²) >= 11 is 0. The van der Waals surface area contributed by atoms with E-state index in [1.54, 1.807) is 0 Å². The van der Waals surface area contributed by atoms with Crippen molar-refractivity contribution < 1.29 is 19.1 Å². The second-order valence-corrected chi connectivity index (χ2v) is 7.60. The van der Waals surface area contributed by atoms with Crippen molar-refractivity contribution in [2.24, 2.45) is 5.92 Å². The van der Waals surface area contributed by atoms with Gasteiger partial charge in [0, 0.05) is 32.8 Å². The van der Waals surface area contributed by atoms with E-state index in [1.165, 1.54) is 0 Å². The monoisotopic (exact) mass is 388 g/mol. The van der Waals surface area contributed by atoms with Crippen LogP contribution in [0.2, 0.25) is 0 Å². The third-order valence-electron chi connectivity index (χ3n) is 5.59. The predicted octanol–water partition coefficient (Wildman–Crippen LogP) is 2.72. The van der Waals surface area contributed by atoms with Gasteiger partial charge in [0.2, 0.25) is 11.8 Å². The van der Waals surface area contributed by atoms with Gasteiger partial charge in [0.1, 0.15) is 5.75 Å². The van der Waals surface area contributed by atoms with Crippen LogP contribution in [0.1, 0.15) is 39.0 Å². The second-order valence-electron chi connectivity index (χ2n) is 7.60. The van der Waals surface area contributed by atoms with Crippen LogP contribution in [0.4, 0.5) is 0 Å². The highest BCUT2D eigenvalue weighted by Crippen LogP contribution is 2.21. The molecule has 0 saturated carbocycles. The van der Waals surface area contributed by atoms with Gasteiger partial charge >= 0.3 is 0 Å². The summed E-state index contributed by atoms with van der Waals surface area (Å²) in [4.78, 5) is 29.3. The molecule has 2 aliphatic heterocycles. The highest BCUT2D eigenvalue weighted by molar-refractivity contribution is 5.81. The standard InChI is InChI=1S/C22H32N2O4/c1-2-23(17-20-11-7-14-27-20)22(26)18-8-6-13-24(16-18)21(25)12-15-28-19-9-4-3-5-10-19/h3-5,9-10,18,20H,2,6-8,11-17H2,1H3. The second kappa shape index (κ2) is 10.5. The lowest BCUT2D eigenvalue weighted by molar-refractivity contribution is -0.142. The molecule has 2 fully saturated rings. The molecule has 1 aromatic carbocycles. The summed E-state index contributed by atoms with van der Waals surface area (Å²) in [7, 11) is 0. The normalized spacial score (nSPS) is 22.1. The first-order valence-corrected chi connectivity index (χ1v) is 10.5. The topological polar surface area (TPSA) is 59.1 Å². The Hall–Kier alpha value is -2.08. The zero-order valence-electron chi connectivity index (χ0n) is 16.8. The largest absolute Gasteiger partial charge is 0.493 e. The van der Waals surface area contributed by atoms with Crippen LogP contribution in [-0.2, 0) is 14.3 Å². The lowest BCUT2D eigenvalue weighted by Gasteiger charge is -2.35. The summed E-state index contributed by atoms with van der Waals surface area (Å²) in [5.41, 5.74) is 0. The quantitative estimate of drug-likeness (QED) is 0.687. The van der Waals surface area contributed by atoms with Gasteiger partial charge in [-0.2, -0.15) is 0 Å². The molecule has 0 aliphatic carbocycles. The molecule has 6 heteroatoms. The zero-order valence-corrected chi connectivity index (χ0v) is 16.8. The predicted molar refractivity (Wildman–Crippen MR) is 107 cm³/mol. The number of likely N-dealkylation sites (N-methyl/N-ethyl adjacent to an activating group) is 1. The molecule has 2 heterocycles. The molecule has 2 unspecified atom stereocenters. The number of para-hydroxylation sites is 1. The van der Waals surface area contributed by atoms with Crippen LogP contribution in [0.25, 0.3) is 0 Å². The molecule has 2 atom stereocenters. The first-order valence-electron chi connectivity index (χ1n) is 10.5. The molecule has 2 aliphatic rings. The number of hydrogen-bond donors (Lipinski definition) is 0. The smallest absolute Gasteiger partial charge is 0.227 e. The summed E-state index contributed by atoms with van der Waals surface area (Å²) in [6.07, 6.45) is 4.33. The Balaban J connectivity index is 1.46. The van der Waals surface area contributed by atoms with E-state index in [0.717, 1.165) is 44.6 Å². The third-order valence-corrected chi connectivity index (χ3v) is 5.59. The number of carbonyl (C=O) groups excluding carboxylic acids is 2. The van der Waals surface area contributed by atoms with Gasteiger partial charge in [-0.25, -0.2) is 0 Å². The molecule has 0 spiro atoms. The number of amides is 2. The fraction of sp³-hybridized carbons (Fsp3) is 0.636. The fourth-order valence-corrected chi connectivity index (χ4v) is 4.00. The number of hydrogen-bond acceptors (Lipinski definition) is 4. The third kappa shape index (κ3) is 5.71. The number of likely N-dealkylation sites (tertiary alicyclic amines) is 1. The molecule has 6 nitrogen and oxygen atoms in total. The minimum Gasteiger partial charge on any atom is -0.493 e. The minimum atomic E-state index is -0.103. The van der Waals surface area contributed by atoms with E-state index in [4.69, 9.17) is 9.47 Å². The maximum atomic E-state index is 13.0. The summed E-state index contributed by atoms with van der Waals surface area (Å²) in [6, 6.07) is 9.52. The van der Waals surface area contributed by atoms with Crippen molar-refractivity contribution >= 4 is 11.8 Å².